The molecule has 3 N–H and O–H groups in total. The Kier molecular flexibility index (Phi) is 4.42. The van der Waals surface area contributed by atoms with Gasteiger partial charge in [-0.05, 0) is 34.9 Å². The number of halogens is 2. The molecule has 1 atom stereocenters. The molecule has 0 amide bonds. The smallest absolute Gasteiger partial charge is 0.0777 e. The first-order chi connectivity index (χ1) is 10.2. The molecule has 2 aromatic heterocycles. The van der Waals surface area contributed by atoms with Gasteiger partial charge in [0.2, 0.25) is 0 Å². The van der Waals surface area contributed by atoms with E-state index in [0.29, 0.717) is 15.7 Å². The lowest BCUT2D eigenvalue weighted by Gasteiger charge is -2.16. The number of hydrogen-bond acceptors (Lipinski definition) is 4. The van der Waals surface area contributed by atoms with Crippen LogP contribution in [0.2, 0.25) is 10.0 Å². The van der Waals surface area contributed by atoms with Crippen molar-refractivity contribution in [2.75, 3.05) is 0 Å². The molecule has 3 rings (SSSR count). The Morgan fingerprint density at radius 2 is 2.10 bits per heavy atom. The van der Waals surface area contributed by atoms with Gasteiger partial charge in [0.1, 0.15) is 0 Å². The number of nitrogens with two attached hydrogens (primary N) is 1. The van der Waals surface area contributed by atoms with E-state index in [4.69, 9.17) is 29.0 Å². The predicted molar refractivity (Wildman–Crippen MR) is 89.9 cm³/mol. The van der Waals surface area contributed by atoms with Gasteiger partial charge in [0, 0.05) is 10.9 Å². The fraction of sp³-hybridized carbons (Fsp3) is 0.133. The quantitative estimate of drug-likeness (QED) is 0.549. The maximum absolute atomic E-state index is 6.22. The van der Waals surface area contributed by atoms with Crippen molar-refractivity contribution >= 4 is 44.6 Å². The van der Waals surface area contributed by atoms with Crippen LogP contribution in [0.1, 0.15) is 17.3 Å². The zero-order valence-corrected chi connectivity index (χ0v) is 13.3. The van der Waals surface area contributed by atoms with Gasteiger partial charge < -0.3 is 0 Å². The molecule has 0 spiro atoms. The Morgan fingerprint density at radius 1 is 1.29 bits per heavy atom. The van der Waals surface area contributed by atoms with Gasteiger partial charge in [-0.1, -0.05) is 41.4 Å². The summed E-state index contributed by atoms with van der Waals surface area (Å²) in [7, 11) is 0. The highest BCUT2D eigenvalue weighted by Crippen LogP contribution is 2.31. The van der Waals surface area contributed by atoms with Crippen LogP contribution in [-0.4, -0.2) is 4.98 Å². The fourth-order valence-electron chi connectivity index (χ4n) is 2.33. The molecule has 3 nitrogen and oxygen atoms in total. The van der Waals surface area contributed by atoms with E-state index in [2.05, 4.69) is 27.9 Å². The lowest BCUT2D eigenvalue weighted by atomic mass is 10.0. The zero-order valence-electron chi connectivity index (χ0n) is 11.0. The second kappa shape index (κ2) is 6.30. The number of rotatable bonds is 4. The number of pyridine rings is 1. The Balaban J connectivity index is 1.94. The first-order valence-corrected chi connectivity index (χ1v) is 8.05. The molecule has 0 aliphatic carbocycles. The molecule has 0 radical (unpaired) electrons. The Labute approximate surface area is 136 Å². The minimum atomic E-state index is -0.159. The molecule has 0 saturated carbocycles. The molecule has 0 aliphatic heterocycles. The first-order valence-electron chi connectivity index (χ1n) is 6.41. The molecule has 108 valence electrons. The summed E-state index contributed by atoms with van der Waals surface area (Å²) in [4.78, 5) is 4.31. The van der Waals surface area contributed by atoms with Crippen molar-refractivity contribution < 1.29 is 0 Å². The molecular weight excluding hydrogens is 325 g/mol. The van der Waals surface area contributed by atoms with Gasteiger partial charge in [-0.15, -0.1) is 11.3 Å². The second-order valence-electron chi connectivity index (χ2n) is 4.70. The minimum Gasteiger partial charge on any atom is -0.271 e. The average molecular weight is 338 g/mol. The van der Waals surface area contributed by atoms with Crippen LogP contribution in [0.15, 0.2) is 41.9 Å². The maximum Gasteiger partial charge on any atom is 0.0777 e. The third-order valence-corrected chi connectivity index (χ3v) is 4.87. The number of aromatic nitrogens is 1. The molecule has 6 heteroatoms. The van der Waals surface area contributed by atoms with Crippen molar-refractivity contribution in [1.29, 1.82) is 0 Å². The van der Waals surface area contributed by atoms with E-state index >= 15 is 0 Å². The van der Waals surface area contributed by atoms with Gasteiger partial charge >= 0.3 is 0 Å². The fourth-order valence-corrected chi connectivity index (χ4v) is 3.81. The van der Waals surface area contributed by atoms with Gasteiger partial charge in [0.05, 0.1) is 21.8 Å². The number of hydrazine groups is 1. The van der Waals surface area contributed by atoms with Crippen LogP contribution >= 0.6 is 34.5 Å². The van der Waals surface area contributed by atoms with E-state index in [1.54, 1.807) is 23.6 Å². The molecule has 0 aliphatic rings. The number of thiophene rings is 1. The molecule has 0 fully saturated rings. The van der Waals surface area contributed by atoms with Gasteiger partial charge in [-0.25, -0.2) is 0 Å². The normalized spacial score (nSPS) is 12.7. The van der Waals surface area contributed by atoms with Gasteiger partial charge in [0.15, 0.2) is 0 Å². The minimum absolute atomic E-state index is 0.159. The SMILES string of the molecule is NNC(Cc1csc2ccccc12)c1ncc(Cl)cc1Cl. The van der Waals surface area contributed by atoms with E-state index in [9.17, 15) is 0 Å². The summed E-state index contributed by atoms with van der Waals surface area (Å²) in [5.41, 5.74) is 4.73. The van der Waals surface area contributed by atoms with Crippen LogP contribution < -0.4 is 11.3 Å². The molecule has 3 aromatic rings. The first kappa shape index (κ1) is 14.8. The lowest BCUT2D eigenvalue weighted by molar-refractivity contribution is 0.540. The van der Waals surface area contributed by atoms with Gasteiger partial charge in [-0.2, -0.15) is 0 Å². The van der Waals surface area contributed by atoms with E-state index < -0.39 is 0 Å². The topological polar surface area (TPSA) is 50.9 Å². The summed E-state index contributed by atoms with van der Waals surface area (Å²) in [6, 6.07) is 9.83. The van der Waals surface area contributed by atoms with Crippen LogP contribution in [0.25, 0.3) is 10.1 Å². The molecule has 1 aromatic carbocycles. The summed E-state index contributed by atoms with van der Waals surface area (Å²) in [5.74, 6) is 5.69. The van der Waals surface area contributed by atoms with Crippen molar-refractivity contribution in [3.8, 4) is 0 Å². The maximum atomic E-state index is 6.22. The van der Waals surface area contributed by atoms with Crippen molar-refractivity contribution in [2.24, 2.45) is 5.84 Å². The van der Waals surface area contributed by atoms with E-state index in [1.807, 2.05) is 12.1 Å². The number of hydrogen-bond donors (Lipinski definition) is 2. The van der Waals surface area contributed by atoms with Crippen molar-refractivity contribution in [3.05, 3.63) is 63.2 Å². The second-order valence-corrected chi connectivity index (χ2v) is 6.46. The Bertz CT molecular complexity index is 772. The van der Waals surface area contributed by atoms with Crippen LogP contribution in [0.3, 0.4) is 0 Å². The van der Waals surface area contributed by atoms with Crippen molar-refractivity contribution in [1.82, 2.24) is 10.4 Å². The highest BCUT2D eigenvalue weighted by atomic mass is 35.5. The summed E-state index contributed by atoms with van der Waals surface area (Å²) >= 11 is 13.8. The third-order valence-electron chi connectivity index (χ3n) is 3.35. The van der Waals surface area contributed by atoms with Crippen LogP contribution in [0, 0.1) is 0 Å². The van der Waals surface area contributed by atoms with Gasteiger partial charge in [0.25, 0.3) is 0 Å². The van der Waals surface area contributed by atoms with Gasteiger partial charge in [-0.3, -0.25) is 16.3 Å². The van der Waals surface area contributed by atoms with E-state index in [1.165, 1.54) is 15.6 Å². The van der Waals surface area contributed by atoms with Crippen molar-refractivity contribution in [2.45, 2.75) is 12.5 Å². The average Bonchev–Trinajstić information content (AvgIpc) is 2.89. The number of nitrogens with zero attached hydrogens (tertiary/aromatic N) is 1. The number of fused-ring (bicyclic) bond motifs is 1. The van der Waals surface area contributed by atoms with E-state index in [0.717, 1.165) is 6.42 Å². The Morgan fingerprint density at radius 3 is 2.86 bits per heavy atom. The molecular formula is C15H13Cl2N3S. The van der Waals surface area contributed by atoms with Crippen LogP contribution in [-0.2, 0) is 6.42 Å². The Hall–Kier alpha value is -1.17. The monoisotopic (exact) mass is 337 g/mol. The van der Waals surface area contributed by atoms with Crippen LogP contribution in [0.5, 0.6) is 0 Å². The highest BCUT2D eigenvalue weighted by molar-refractivity contribution is 7.17. The largest absolute Gasteiger partial charge is 0.271 e. The summed E-state index contributed by atoms with van der Waals surface area (Å²) in [5, 5.41) is 4.43. The number of nitrogens with one attached hydrogen (secondary N) is 1. The molecule has 0 saturated heterocycles. The third kappa shape index (κ3) is 3.05. The summed E-state index contributed by atoms with van der Waals surface area (Å²) < 4.78 is 1.26. The predicted octanol–water partition coefficient (Wildman–Crippen LogP) is 4.35. The van der Waals surface area contributed by atoms with E-state index in [-0.39, 0.29) is 6.04 Å². The summed E-state index contributed by atoms with van der Waals surface area (Å²) in [6.45, 7) is 0. The van der Waals surface area contributed by atoms with Crippen LogP contribution in [0.4, 0.5) is 0 Å². The molecule has 21 heavy (non-hydrogen) atoms. The zero-order chi connectivity index (χ0) is 14.8. The molecule has 2 heterocycles. The highest BCUT2D eigenvalue weighted by Gasteiger charge is 2.17. The molecule has 1 unspecified atom stereocenters. The number of benzene rings is 1. The lowest BCUT2D eigenvalue weighted by Crippen LogP contribution is -2.30. The summed E-state index contributed by atoms with van der Waals surface area (Å²) in [6.07, 6.45) is 2.30. The van der Waals surface area contributed by atoms with Crippen molar-refractivity contribution in [3.63, 3.8) is 0 Å². The molecule has 0 bridgehead atoms. The standard InChI is InChI=1S/C15H13Cl2N3S/c16-10-6-12(17)15(19-7-10)13(20-18)5-9-8-21-14-4-2-1-3-11(9)14/h1-4,6-8,13,20H,5,18H2.